The molecule has 0 saturated carbocycles. The molecule has 1 heterocycles. The fraction of sp³-hybridized carbons (Fsp3) is 1.00. The van der Waals surface area contributed by atoms with Crippen molar-refractivity contribution >= 4 is 0 Å². The van der Waals surface area contributed by atoms with Crippen LogP contribution in [0.3, 0.4) is 0 Å². The van der Waals surface area contributed by atoms with E-state index >= 15 is 0 Å². The molecule has 19 heavy (non-hydrogen) atoms. The van der Waals surface area contributed by atoms with Gasteiger partial charge in [-0.15, -0.1) is 0 Å². The van der Waals surface area contributed by atoms with Crippen molar-refractivity contribution in [1.29, 1.82) is 0 Å². The van der Waals surface area contributed by atoms with E-state index in [0.29, 0.717) is 6.04 Å². The molecule has 2 N–H and O–H groups in total. The minimum atomic E-state index is 0.244. The Bertz CT molecular complexity index is 228. The van der Waals surface area contributed by atoms with E-state index in [9.17, 15) is 0 Å². The van der Waals surface area contributed by atoms with Gasteiger partial charge >= 0.3 is 0 Å². The van der Waals surface area contributed by atoms with Gasteiger partial charge in [-0.1, -0.05) is 20.8 Å². The molecule has 1 rings (SSSR count). The molecule has 0 amide bonds. The Balaban J connectivity index is 2.55. The summed E-state index contributed by atoms with van der Waals surface area (Å²) in [6.07, 6.45) is 3.27. The SMILES string of the molecule is CCN(CCCO)CC1(CNC(C)C)CCCOC1. The van der Waals surface area contributed by atoms with Gasteiger partial charge in [-0.2, -0.15) is 0 Å². The van der Waals surface area contributed by atoms with Gasteiger partial charge in [0.25, 0.3) is 0 Å². The van der Waals surface area contributed by atoms with Crippen LogP contribution in [-0.4, -0.2) is 62.0 Å². The molecular formula is C15H32N2O2. The monoisotopic (exact) mass is 272 g/mol. The summed E-state index contributed by atoms with van der Waals surface area (Å²) in [6.45, 7) is 12.8. The van der Waals surface area contributed by atoms with Crippen molar-refractivity contribution < 1.29 is 9.84 Å². The van der Waals surface area contributed by atoms with Crippen molar-refractivity contribution in [3.8, 4) is 0 Å². The first-order chi connectivity index (χ1) is 9.12. The van der Waals surface area contributed by atoms with E-state index in [1.54, 1.807) is 0 Å². The summed E-state index contributed by atoms with van der Waals surface area (Å²) >= 11 is 0. The van der Waals surface area contributed by atoms with Crippen molar-refractivity contribution in [2.75, 3.05) is 46.0 Å². The third-order valence-electron chi connectivity index (χ3n) is 3.93. The summed E-state index contributed by atoms with van der Waals surface area (Å²) in [5.74, 6) is 0. The number of hydrogen-bond donors (Lipinski definition) is 2. The van der Waals surface area contributed by atoms with Crippen LogP contribution >= 0.6 is 0 Å². The van der Waals surface area contributed by atoms with Crippen LogP contribution in [0.1, 0.15) is 40.0 Å². The second-order valence-electron chi connectivity index (χ2n) is 6.14. The molecule has 0 aromatic heterocycles. The van der Waals surface area contributed by atoms with Gasteiger partial charge in [0.1, 0.15) is 0 Å². The molecule has 1 aliphatic heterocycles. The molecule has 0 aromatic carbocycles. The van der Waals surface area contributed by atoms with Gasteiger partial charge in [-0.25, -0.2) is 0 Å². The highest BCUT2D eigenvalue weighted by Crippen LogP contribution is 2.29. The Labute approximate surface area is 118 Å². The first-order valence-electron chi connectivity index (χ1n) is 7.76. The van der Waals surface area contributed by atoms with Crippen LogP contribution in [0.5, 0.6) is 0 Å². The Morgan fingerprint density at radius 3 is 2.74 bits per heavy atom. The molecular weight excluding hydrogens is 240 g/mol. The van der Waals surface area contributed by atoms with Gasteiger partial charge in [0, 0.05) is 44.3 Å². The average molecular weight is 272 g/mol. The summed E-state index contributed by atoms with van der Waals surface area (Å²) in [5, 5.41) is 12.6. The second-order valence-corrected chi connectivity index (χ2v) is 6.14. The number of hydrogen-bond acceptors (Lipinski definition) is 4. The highest BCUT2D eigenvalue weighted by atomic mass is 16.5. The molecule has 1 unspecified atom stereocenters. The quantitative estimate of drug-likeness (QED) is 0.667. The van der Waals surface area contributed by atoms with E-state index in [1.165, 1.54) is 6.42 Å². The van der Waals surface area contributed by atoms with Crippen LogP contribution in [0.4, 0.5) is 0 Å². The van der Waals surface area contributed by atoms with Crippen molar-refractivity contribution in [3.05, 3.63) is 0 Å². The summed E-state index contributed by atoms with van der Waals surface area (Å²) in [4.78, 5) is 2.45. The lowest BCUT2D eigenvalue weighted by Gasteiger charge is -2.41. The van der Waals surface area contributed by atoms with Crippen molar-refractivity contribution in [3.63, 3.8) is 0 Å². The maximum atomic E-state index is 8.99. The molecule has 0 spiro atoms. The lowest BCUT2D eigenvalue weighted by molar-refractivity contribution is -0.0269. The van der Waals surface area contributed by atoms with Crippen LogP contribution in [-0.2, 0) is 4.74 Å². The van der Waals surface area contributed by atoms with Crippen molar-refractivity contribution in [1.82, 2.24) is 10.2 Å². The maximum Gasteiger partial charge on any atom is 0.0546 e. The number of nitrogens with zero attached hydrogens (tertiary/aromatic N) is 1. The zero-order chi connectivity index (χ0) is 14.1. The van der Waals surface area contributed by atoms with E-state index in [-0.39, 0.29) is 12.0 Å². The van der Waals surface area contributed by atoms with Gasteiger partial charge in [0.15, 0.2) is 0 Å². The fourth-order valence-corrected chi connectivity index (χ4v) is 2.77. The minimum Gasteiger partial charge on any atom is -0.396 e. The van der Waals surface area contributed by atoms with Crippen LogP contribution in [0.15, 0.2) is 0 Å². The van der Waals surface area contributed by atoms with E-state index in [0.717, 1.165) is 52.2 Å². The van der Waals surface area contributed by atoms with Crippen LogP contribution in [0.2, 0.25) is 0 Å². The molecule has 4 heteroatoms. The summed E-state index contributed by atoms with van der Waals surface area (Å²) in [7, 11) is 0. The Morgan fingerprint density at radius 1 is 1.42 bits per heavy atom. The van der Waals surface area contributed by atoms with Crippen molar-refractivity contribution in [2.24, 2.45) is 5.41 Å². The van der Waals surface area contributed by atoms with E-state index < -0.39 is 0 Å². The number of aliphatic hydroxyl groups is 1. The minimum absolute atomic E-state index is 0.244. The van der Waals surface area contributed by atoms with Gasteiger partial charge in [0.2, 0.25) is 0 Å². The van der Waals surface area contributed by atoms with Crippen LogP contribution in [0.25, 0.3) is 0 Å². The van der Waals surface area contributed by atoms with Gasteiger partial charge in [-0.05, 0) is 25.8 Å². The number of ether oxygens (including phenoxy) is 1. The van der Waals surface area contributed by atoms with Crippen molar-refractivity contribution in [2.45, 2.75) is 46.1 Å². The molecule has 0 aromatic rings. The summed E-state index contributed by atoms with van der Waals surface area (Å²) in [5.41, 5.74) is 0.244. The lowest BCUT2D eigenvalue weighted by Crippen LogP contribution is -2.50. The zero-order valence-electron chi connectivity index (χ0n) is 13.0. The molecule has 1 aliphatic rings. The Morgan fingerprint density at radius 2 is 2.21 bits per heavy atom. The normalized spacial score (nSPS) is 24.3. The number of aliphatic hydroxyl groups excluding tert-OH is 1. The predicted octanol–water partition coefficient (Wildman–Crippen LogP) is 1.49. The smallest absolute Gasteiger partial charge is 0.0546 e. The molecule has 1 saturated heterocycles. The van der Waals surface area contributed by atoms with Crippen LogP contribution in [0, 0.1) is 5.41 Å². The first kappa shape index (κ1) is 16.9. The molecule has 0 aliphatic carbocycles. The predicted molar refractivity (Wildman–Crippen MR) is 79.4 cm³/mol. The lowest BCUT2D eigenvalue weighted by atomic mass is 9.81. The Kier molecular flexibility index (Phi) is 7.91. The molecule has 0 bridgehead atoms. The molecule has 0 radical (unpaired) electrons. The molecule has 4 nitrogen and oxygen atoms in total. The van der Waals surface area contributed by atoms with Gasteiger partial charge < -0.3 is 20.1 Å². The molecule has 1 fully saturated rings. The summed E-state index contributed by atoms with van der Waals surface area (Å²) in [6, 6.07) is 0.520. The van der Waals surface area contributed by atoms with E-state index in [2.05, 4.69) is 31.0 Å². The van der Waals surface area contributed by atoms with E-state index in [4.69, 9.17) is 9.84 Å². The standard InChI is InChI=1S/C15H32N2O2/c1-4-17(8-6-9-18)12-15(11-16-14(2)3)7-5-10-19-13-15/h14,16,18H,4-13H2,1-3H3. The fourth-order valence-electron chi connectivity index (χ4n) is 2.77. The van der Waals surface area contributed by atoms with Crippen LogP contribution < -0.4 is 5.32 Å². The number of nitrogens with one attached hydrogen (secondary N) is 1. The largest absolute Gasteiger partial charge is 0.396 e. The molecule has 114 valence electrons. The average Bonchev–Trinajstić information content (AvgIpc) is 2.42. The van der Waals surface area contributed by atoms with Gasteiger partial charge in [-0.3, -0.25) is 0 Å². The topological polar surface area (TPSA) is 44.7 Å². The third kappa shape index (κ3) is 6.21. The van der Waals surface area contributed by atoms with Gasteiger partial charge in [0.05, 0.1) is 6.61 Å². The number of rotatable bonds is 9. The Hall–Kier alpha value is -0.160. The zero-order valence-corrected chi connectivity index (χ0v) is 13.0. The van der Waals surface area contributed by atoms with E-state index in [1.807, 2.05) is 0 Å². The second kappa shape index (κ2) is 8.90. The molecule has 1 atom stereocenters. The maximum absolute atomic E-state index is 8.99. The first-order valence-corrected chi connectivity index (χ1v) is 7.76. The third-order valence-corrected chi connectivity index (χ3v) is 3.93. The highest BCUT2D eigenvalue weighted by molar-refractivity contribution is 4.87. The summed E-state index contributed by atoms with van der Waals surface area (Å²) < 4.78 is 5.75. The highest BCUT2D eigenvalue weighted by Gasteiger charge is 2.34.